The summed E-state index contributed by atoms with van der Waals surface area (Å²) in [5, 5.41) is 6.23. The van der Waals surface area contributed by atoms with Crippen LogP contribution in [-0.4, -0.2) is 55.5 Å². The lowest BCUT2D eigenvalue weighted by molar-refractivity contribution is -0.115. The molecule has 0 unspecified atom stereocenters. The van der Waals surface area contributed by atoms with Gasteiger partial charge in [0.25, 0.3) is 5.91 Å². The van der Waals surface area contributed by atoms with Crippen LogP contribution in [0.15, 0.2) is 47.5 Å². The second kappa shape index (κ2) is 8.47. The molecule has 3 amide bonds. The van der Waals surface area contributed by atoms with Gasteiger partial charge in [0.05, 0.1) is 24.9 Å². The van der Waals surface area contributed by atoms with Crippen molar-refractivity contribution in [1.29, 1.82) is 0 Å². The predicted molar refractivity (Wildman–Crippen MR) is 118 cm³/mol. The number of ether oxygens (including phenoxy) is 2. The van der Waals surface area contributed by atoms with E-state index in [2.05, 4.69) is 10.6 Å². The van der Waals surface area contributed by atoms with Gasteiger partial charge in [0.15, 0.2) is 0 Å². The predicted octanol–water partition coefficient (Wildman–Crippen LogP) is 3.30. The summed E-state index contributed by atoms with van der Waals surface area (Å²) in [6.45, 7) is 0.897. The Labute approximate surface area is 185 Å². The highest BCUT2D eigenvalue weighted by Crippen LogP contribution is 2.36. The topological polar surface area (TPSA) is 92.3 Å². The minimum atomic E-state index is -0.667. The number of halogens is 1. The number of rotatable bonds is 4. The number of urea groups is 1. The van der Waals surface area contributed by atoms with Crippen LogP contribution in [-0.2, 0) is 4.79 Å². The van der Waals surface area contributed by atoms with Crippen LogP contribution in [0.5, 0.6) is 11.5 Å². The second-order valence-electron chi connectivity index (χ2n) is 7.42. The highest BCUT2D eigenvalue weighted by atomic mass is 35.5. The SMILES string of the molecule is COc1cc(OC)c(NC(=O)N2CCC3(CC2)N=C(c2ccccc2)C(=O)N3)cc1Cl. The normalized spacial score (nSPS) is 17.2. The lowest BCUT2D eigenvalue weighted by Gasteiger charge is -2.37. The fourth-order valence-corrected chi connectivity index (χ4v) is 4.06. The Balaban J connectivity index is 1.44. The van der Waals surface area contributed by atoms with Gasteiger partial charge >= 0.3 is 6.03 Å². The highest BCUT2D eigenvalue weighted by molar-refractivity contribution is 6.46. The number of carbonyl (C=O) groups is 2. The third kappa shape index (κ3) is 4.16. The Bertz CT molecular complexity index is 1030. The number of amides is 3. The first-order valence-corrected chi connectivity index (χ1v) is 10.3. The van der Waals surface area contributed by atoms with Gasteiger partial charge in [0, 0.05) is 37.6 Å². The summed E-state index contributed by atoms with van der Waals surface area (Å²) >= 11 is 6.19. The molecular weight excluding hydrogens is 420 g/mol. The molecule has 9 heteroatoms. The molecule has 8 nitrogen and oxygen atoms in total. The molecule has 2 aliphatic heterocycles. The number of aliphatic imine (C=N–C) groups is 1. The molecule has 4 rings (SSSR count). The van der Waals surface area contributed by atoms with Gasteiger partial charge in [-0.3, -0.25) is 9.79 Å². The zero-order chi connectivity index (χ0) is 22.0. The molecule has 0 aliphatic carbocycles. The first-order valence-electron chi connectivity index (χ1n) is 9.90. The van der Waals surface area contributed by atoms with Gasteiger partial charge in [-0.25, -0.2) is 4.79 Å². The van der Waals surface area contributed by atoms with Gasteiger partial charge in [-0.2, -0.15) is 0 Å². The highest BCUT2D eigenvalue weighted by Gasteiger charge is 2.42. The van der Waals surface area contributed by atoms with Crippen LogP contribution in [0, 0.1) is 0 Å². The van der Waals surface area contributed by atoms with E-state index < -0.39 is 5.66 Å². The summed E-state index contributed by atoms with van der Waals surface area (Å²) in [6, 6.07) is 12.3. The van der Waals surface area contributed by atoms with Crippen molar-refractivity contribution in [3.05, 3.63) is 53.1 Å². The fourth-order valence-electron chi connectivity index (χ4n) is 3.82. The summed E-state index contributed by atoms with van der Waals surface area (Å²) in [4.78, 5) is 31.7. The largest absolute Gasteiger partial charge is 0.495 e. The molecule has 0 radical (unpaired) electrons. The molecule has 0 bridgehead atoms. The second-order valence-corrected chi connectivity index (χ2v) is 7.82. The Morgan fingerprint density at radius 2 is 1.81 bits per heavy atom. The first-order chi connectivity index (χ1) is 14.9. The van der Waals surface area contributed by atoms with Crippen molar-refractivity contribution in [1.82, 2.24) is 10.2 Å². The summed E-state index contributed by atoms with van der Waals surface area (Å²) in [5.74, 6) is 0.727. The van der Waals surface area contributed by atoms with E-state index in [1.807, 2.05) is 30.3 Å². The molecule has 31 heavy (non-hydrogen) atoms. The Morgan fingerprint density at radius 1 is 1.13 bits per heavy atom. The minimum Gasteiger partial charge on any atom is -0.495 e. The van der Waals surface area contributed by atoms with Gasteiger partial charge in [0.2, 0.25) is 0 Å². The number of carbonyl (C=O) groups excluding carboxylic acids is 2. The van der Waals surface area contributed by atoms with Crippen LogP contribution < -0.4 is 20.1 Å². The van der Waals surface area contributed by atoms with E-state index in [9.17, 15) is 9.59 Å². The molecule has 1 fully saturated rings. The number of likely N-dealkylation sites (tertiary alicyclic amines) is 1. The molecule has 0 saturated carbocycles. The molecule has 1 saturated heterocycles. The number of methoxy groups -OCH3 is 2. The third-order valence-electron chi connectivity index (χ3n) is 5.53. The van der Waals surface area contributed by atoms with Crippen molar-refractivity contribution in [3.8, 4) is 11.5 Å². The molecule has 2 heterocycles. The average molecular weight is 443 g/mol. The van der Waals surface area contributed by atoms with E-state index >= 15 is 0 Å². The van der Waals surface area contributed by atoms with Crippen LogP contribution in [0.2, 0.25) is 5.02 Å². The average Bonchev–Trinajstić information content (AvgIpc) is 3.10. The summed E-state index contributed by atoms with van der Waals surface area (Å²) in [6.07, 6.45) is 1.06. The van der Waals surface area contributed by atoms with Crippen LogP contribution in [0.1, 0.15) is 18.4 Å². The summed E-state index contributed by atoms with van der Waals surface area (Å²) in [7, 11) is 3.02. The fraction of sp³-hybridized carbons (Fsp3) is 0.318. The smallest absolute Gasteiger partial charge is 0.321 e. The number of hydrogen-bond acceptors (Lipinski definition) is 5. The number of nitrogens with one attached hydrogen (secondary N) is 2. The van der Waals surface area contributed by atoms with Crippen LogP contribution in [0.4, 0.5) is 10.5 Å². The van der Waals surface area contributed by atoms with Gasteiger partial charge in [-0.05, 0) is 6.07 Å². The molecule has 0 aromatic heterocycles. The zero-order valence-corrected chi connectivity index (χ0v) is 18.0. The first kappa shape index (κ1) is 21.0. The Kier molecular flexibility index (Phi) is 5.73. The molecule has 2 aromatic rings. The molecule has 162 valence electrons. The number of hydrogen-bond donors (Lipinski definition) is 2. The summed E-state index contributed by atoms with van der Waals surface area (Å²) in [5.41, 5.74) is 1.02. The number of benzene rings is 2. The monoisotopic (exact) mass is 442 g/mol. The van der Waals surface area contributed by atoms with Gasteiger partial charge in [0.1, 0.15) is 22.9 Å². The Hall–Kier alpha value is -3.26. The van der Waals surface area contributed by atoms with E-state index in [1.54, 1.807) is 17.0 Å². The van der Waals surface area contributed by atoms with Crippen molar-refractivity contribution in [2.75, 3.05) is 32.6 Å². The van der Waals surface area contributed by atoms with Crippen molar-refractivity contribution >= 4 is 34.9 Å². The lowest BCUT2D eigenvalue weighted by atomic mass is 9.98. The van der Waals surface area contributed by atoms with Gasteiger partial charge in [-0.15, -0.1) is 0 Å². The third-order valence-corrected chi connectivity index (χ3v) is 5.82. The number of nitrogens with zero attached hydrogens (tertiary/aromatic N) is 2. The van der Waals surface area contributed by atoms with Crippen LogP contribution in [0.25, 0.3) is 0 Å². The van der Waals surface area contributed by atoms with Crippen LogP contribution in [0.3, 0.4) is 0 Å². The zero-order valence-electron chi connectivity index (χ0n) is 17.3. The Morgan fingerprint density at radius 3 is 2.45 bits per heavy atom. The molecular formula is C22H23ClN4O4. The van der Waals surface area contributed by atoms with E-state index in [4.69, 9.17) is 26.1 Å². The molecule has 1 spiro atoms. The van der Waals surface area contributed by atoms with E-state index in [0.717, 1.165) is 5.56 Å². The number of piperidine rings is 1. The quantitative estimate of drug-likeness (QED) is 0.759. The lowest BCUT2D eigenvalue weighted by Crippen LogP contribution is -2.53. The van der Waals surface area contributed by atoms with Gasteiger partial charge < -0.3 is 25.0 Å². The maximum Gasteiger partial charge on any atom is 0.321 e. The molecule has 2 N–H and O–H groups in total. The van der Waals surface area contributed by atoms with Crippen LogP contribution >= 0.6 is 11.6 Å². The number of anilines is 1. The van der Waals surface area contributed by atoms with Crippen molar-refractivity contribution in [2.45, 2.75) is 18.5 Å². The van der Waals surface area contributed by atoms with E-state index in [0.29, 0.717) is 53.9 Å². The molecule has 2 aromatic carbocycles. The van der Waals surface area contributed by atoms with E-state index in [1.165, 1.54) is 14.2 Å². The molecule has 0 atom stereocenters. The standard InChI is InChI=1S/C22H23ClN4O4/c1-30-17-13-18(31-2)16(12-15(17)23)24-21(29)27-10-8-22(9-11-27)25-19(20(28)26-22)14-6-4-3-5-7-14/h3-7,12-13H,8-11H2,1-2H3,(H,24,29)(H,26,28). The summed E-state index contributed by atoms with van der Waals surface area (Å²) < 4.78 is 10.5. The minimum absolute atomic E-state index is 0.179. The maximum atomic E-state index is 12.8. The van der Waals surface area contributed by atoms with Crippen molar-refractivity contribution in [3.63, 3.8) is 0 Å². The molecule has 2 aliphatic rings. The van der Waals surface area contributed by atoms with E-state index in [-0.39, 0.29) is 11.9 Å². The maximum absolute atomic E-state index is 12.8. The van der Waals surface area contributed by atoms with Gasteiger partial charge in [-0.1, -0.05) is 41.9 Å². The van der Waals surface area contributed by atoms with Crippen molar-refractivity contribution in [2.24, 2.45) is 4.99 Å². The van der Waals surface area contributed by atoms with Crippen molar-refractivity contribution < 1.29 is 19.1 Å².